The van der Waals surface area contributed by atoms with Gasteiger partial charge < -0.3 is 0 Å². The van der Waals surface area contributed by atoms with Crippen molar-refractivity contribution in [2.24, 2.45) is 0 Å². The Hall–Kier alpha value is -5.50. The van der Waals surface area contributed by atoms with E-state index in [2.05, 4.69) is 0 Å². The van der Waals surface area contributed by atoms with Gasteiger partial charge in [0.25, 0.3) is 6.71 Å². The molecular formula is C38H15BF15P. The lowest BCUT2D eigenvalue weighted by Crippen LogP contribution is -2.52. The summed E-state index contributed by atoms with van der Waals surface area (Å²) in [6.07, 6.45) is 0. The highest BCUT2D eigenvalue weighted by Gasteiger charge is 2.46. The highest BCUT2D eigenvalue weighted by Crippen LogP contribution is 2.54. The Balaban J connectivity index is 2.04. The molecule has 0 radical (unpaired) electrons. The van der Waals surface area contributed by atoms with E-state index in [0.29, 0.717) is 0 Å². The fraction of sp³-hybridized carbons (Fsp3) is 0. The third-order valence-electron chi connectivity index (χ3n) is 8.39. The van der Waals surface area contributed by atoms with Gasteiger partial charge in [0.2, 0.25) is 5.82 Å². The molecule has 55 heavy (non-hydrogen) atoms. The van der Waals surface area contributed by atoms with Gasteiger partial charge in [-0.15, -0.1) is 0 Å². The van der Waals surface area contributed by atoms with Crippen LogP contribution in [0.1, 0.15) is 11.1 Å². The Morgan fingerprint density at radius 1 is 0.327 bits per heavy atom. The molecule has 0 heterocycles. The lowest BCUT2D eigenvalue weighted by atomic mass is 9.34. The molecule has 0 saturated heterocycles. The predicted octanol–water partition coefficient (Wildman–Crippen LogP) is 9.62. The van der Waals surface area contributed by atoms with Crippen LogP contribution in [0.25, 0.3) is 10.8 Å². The van der Waals surface area contributed by atoms with Gasteiger partial charge in [-0.1, -0.05) is 91.0 Å². The summed E-state index contributed by atoms with van der Waals surface area (Å²) in [5.41, 5.74) is -9.40. The first-order valence-electron chi connectivity index (χ1n) is 15.4. The molecule has 0 spiro atoms. The van der Waals surface area contributed by atoms with Crippen LogP contribution in [0.4, 0.5) is 65.9 Å². The van der Waals surface area contributed by atoms with Gasteiger partial charge in [0, 0.05) is 16.5 Å². The summed E-state index contributed by atoms with van der Waals surface area (Å²) >= 11 is 0. The number of hydrogen-bond acceptors (Lipinski definition) is 0. The third-order valence-corrected chi connectivity index (χ3v) is 11.0. The second-order valence-corrected chi connectivity index (χ2v) is 13.6. The lowest BCUT2D eigenvalue weighted by Gasteiger charge is -2.31. The number of halogens is 15. The molecule has 17 heteroatoms. The summed E-state index contributed by atoms with van der Waals surface area (Å²) in [6.45, 7) is -3.75. The zero-order valence-corrected chi connectivity index (χ0v) is 27.7. The maximum absolute atomic E-state index is 16.3. The summed E-state index contributed by atoms with van der Waals surface area (Å²) in [6, 6.07) is 19.7. The fourth-order valence-electron chi connectivity index (χ4n) is 5.99. The van der Waals surface area contributed by atoms with E-state index >= 15 is 52.7 Å². The summed E-state index contributed by atoms with van der Waals surface area (Å²) in [7, 11) is -2.71. The second kappa shape index (κ2) is 15.3. The molecule has 0 bridgehead atoms. The van der Waals surface area contributed by atoms with Crippen molar-refractivity contribution in [3.05, 3.63) is 189 Å². The Bertz CT molecular complexity index is 2300. The molecule has 6 aromatic carbocycles. The molecule has 0 aliphatic carbocycles. The molecule has 0 aliphatic rings. The predicted molar refractivity (Wildman–Crippen MR) is 176 cm³/mol. The lowest BCUT2D eigenvalue weighted by molar-refractivity contribution is 0.376. The summed E-state index contributed by atoms with van der Waals surface area (Å²) in [4.78, 5) is 0. The zero-order valence-electron chi connectivity index (χ0n) is 26.9. The summed E-state index contributed by atoms with van der Waals surface area (Å²) in [5.74, 6) is -43.4. The molecule has 0 saturated carbocycles. The monoisotopic (exact) mass is 798 g/mol. The van der Waals surface area contributed by atoms with Crippen molar-refractivity contribution in [1.82, 2.24) is 0 Å². The minimum atomic E-state index is -3.75. The molecule has 280 valence electrons. The van der Waals surface area contributed by atoms with Gasteiger partial charge in [-0.25, -0.2) is 65.9 Å². The minimum Gasteiger partial charge on any atom is -0.204 e. The first-order valence-corrected chi connectivity index (χ1v) is 16.7. The van der Waals surface area contributed by atoms with Crippen molar-refractivity contribution in [3.63, 3.8) is 0 Å². The molecule has 0 aromatic heterocycles. The Kier molecular flexibility index (Phi) is 10.9. The fourth-order valence-corrected chi connectivity index (χ4v) is 8.63. The molecule has 0 unspecified atom stereocenters. The molecule has 6 rings (SSSR count). The Morgan fingerprint density at radius 3 is 0.927 bits per heavy atom. The van der Waals surface area contributed by atoms with Crippen LogP contribution < -0.4 is 21.5 Å². The van der Waals surface area contributed by atoms with Crippen molar-refractivity contribution >= 4 is 47.0 Å². The van der Waals surface area contributed by atoms with Crippen molar-refractivity contribution in [3.8, 4) is 0 Å². The average molecular weight is 798 g/mol. The first kappa shape index (κ1) is 39.2. The molecule has 0 atom stereocenters. The van der Waals surface area contributed by atoms with E-state index in [1.54, 1.807) is 0 Å². The third kappa shape index (κ3) is 6.55. The van der Waals surface area contributed by atoms with Crippen molar-refractivity contribution < 1.29 is 65.9 Å². The highest BCUT2D eigenvalue weighted by atomic mass is 31.1. The van der Waals surface area contributed by atoms with Crippen LogP contribution >= 0.6 is 7.92 Å². The van der Waals surface area contributed by atoms with Crippen molar-refractivity contribution in [1.29, 1.82) is 0 Å². The Morgan fingerprint density at radius 2 is 0.600 bits per heavy atom. The van der Waals surface area contributed by atoms with Gasteiger partial charge in [0.15, 0.2) is 81.4 Å². The standard InChI is InChI=1S/C38H15BF15P/c40-23-19(24(41)30(47)35(52)29(23)46)20(38(16-10-4-1-5-11-16)55(17-12-6-2-7-13-17)18-14-8-3-9-15-18)39(21-25(42)31(48)36(53)32(49)26(21)43)22-27(44)33(50)37(54)34(51)28(22)45/h1-15H/b38-20-. The maximum Gasteiger partial charge on any atom is 0.259 e. The largest absolute Gasteiger partial charge is 0.259 e. The van der Waals surface area contributed by atoms with Crippen molar-refractivity contribution in [2.75, 3.05) is 0 Å². The highest BCUT2D eigenvalue weighted by molar-refractivity contribution is 7.82. The second-order valence-electron chi connectivity index (χ2n) is 11.5. The zero-order chi connectivity index (χ0) is 40.0. The van der Waals surface area contributed by atoms with E-state index in [-0.39, 0.29) is 10.6 Å². The van der Waals surface area contributed by atoms with Crippen LogP contribution in [0.3, 0.4) is 0 Å². The van der Waals surface area contributed by atoms with E-state index in [9.17, 15) is 13.2 Å². The van der Waals surface area contributed by atoms with Crippen molar-refractivity contribution in [2.45, 2.75) is 0 Å². The van der Waals surface area contributed by atoms with Crippen LogP contribution in [0.5, 0.6) is 0 Å². The van der Waals surface area contributed by atoms with Crippen LogP contribution in [0.2, 0.25) is 0 Å². The molecule has 6 aromatic rings. The number of benzene rings is 6. The number of hydrogen-bond donors (Lipinski definition) is 0. The van der Waals surface area contributed by atoms with Gasteiger partial charge in [0.1, 0.15) is 0 Å². The van der Waals surface area contributed by atoms with E-state index in [1.165, 1.54) is 78.9 Å². The van der Waals surface area contributed by atoms with Crippen LogP contribution in [0, 0.1) is 87.3 Å². The number of rotatable bonds is 8. The molecular weight excluding hydrogens is 783 g/mol. The minimum absolute atomic E-state index is 0.0671. The smallest absolute Gasteiger partial charge is 0.204 e. The van der Waals surface area contributed by atoms with Gasteiger partial charge in [0.05, 0.1) is 0 Å². The SMILES string of the molecule is Fc1c(F)c(F)c(B(/C(=C(/c2ccccc2)P(c2ccccc2)c2ccccc2)c2c(F)c(F)c(F)c(F)c2F)c2c(F)c(F)c(F)c(F)c2F)c(F)c1F. The van der Waals surface area contributed by atoms with Gasteiger partial charge >= 0.3 is 0 Å². The van der Waals surface area contributed by atoms with E-state index in [4.69, 9.17) is 0 Å². The van der Waals surface area contributed by atoms with Crippen LogP contribution in [0.15, 0.2) is 91.0 Å². The molecule has 0 aliphatic heterocycles. The van der Waals surface area contributed by atoms with Crippen LogP contribution in [-0.2, 0) is 0 Å². The maximum atomic E-state index is 16.3. The summed E-state index contributed by atoms with van der Waals surface area (Å²) in [5, 5.41) is -0.705. The van der Waals surface area contributed by atoms with E-state index in [1.807, 2.05) is 0 Å². The normalized spacial score (nSPS) is 12.0. The van der Waals surface area contributed by atoms with E-state index in [0.717, 1.165) is 12.1 Å². The summed E-state index contributed by atoms with van der Waals surface area (Å²) < 4.78 is 231. The quantitative estimate of drug-likeness (QED) is 0.0360. The van der Waals surface area contributed by atoms with E-state index < -0.39 is 135 Å². The molecule has 0 amide bonds. The topological polar surface area (TPSA) is 0 Å². The first-order chi connectivity index (χ1) is 26.1. The molecule has 0 fully saturated rings. The van der Waals surface area contributed by atoms with Crippen LogP contribution in [-0.4, -0.2) is 6.71 Å². The van der Waals surface area contributed by atoms with Gasteiger partial charge in [-0.3, -0.25) is 0 Å². The molecule has 0 nitrogen and oxygen atoms in total. The molecule has 0 N–H and O–H groups in total. The van der Waals surface area contributed by atoms with Gasteiger partial charge in [-0.05, 0) is 34.9 Å². The van der Waals surface area contributed by atoms with Gasteiger partial charge in [-0.2, -0.15) is 0 Å². The Labute approximate surface area is 302 Å². The average Bonchev–Trinajstić information content (AvgIpc) is 3.20.